The van der Waals surface area contributed by atoms with Crippen LogP contribution >= 0.6 is 0 Å². The maximum atomic E-state index is 13.0. The van der Waals surface area contributed by atoms with Crippen LogP contribution in [0.3, 0.4) is 0 Å². The average Bonchev–Trinajstić information content (AvgIpc) is 3.35. The van der Waals surface area contributed by atoms with Crippen molar-refractivity contribution in [2.45, 2.75) is 77.8 Å². The fourth-order valence-corrected chi connectivity index (χ4v) is 6.36. The third-order valence-corrected chi connectivity index (χ3v) is 8.13. The zero-order valence-electron chi connectivity index (χ0n) is 20.1. The standard InChI is InChI=1S/C27H42N2O2/c1-19(2)29(20(3)4)14-11-21-5-7-22(8-6-21)25-10-9-24-17-28(18-26(24)25)27(30)23-12-15-31-16-13-23/h5-8,19-20,23-26H,9-18H2,1-4H3. The fourth-order valence-electron chi connectivity index (χ4n) is 6.36. The molecule has 3 unspecified atom stereocenters. The van der Waals surface area contributed by atoms with Gasteiger partial charge in [-0.25, -0.2) is 0 Å². The highest BCUT2D eigenvalue weighted by molar-refractivity contribution is 5.79. The van der Waals surface area contributed by atoms with Crippen LogP contribution in [0.4, 0.5) is 0 Å². The number of hydrogen-bond donors (Lipinski definition) is 0. The molecule has 0 radical (unpaired) electrons. The lowest BCUT2D eigenvalue weighted by Crippen LogP contribution is -2.38. The number of carbonyl (C=O) groups excluding carboxylic acids is 1. The van der Waals surface area contributed by atoms with Gasteiger partial charge in [-0.1, -0.05) is 24.3 Å². The Hall–Kier alpha value is -1.39. The summed E-state index contributed by atoms with van der Waals surface area (Å²) in [4.78, 5) is 17.8. The number of hydrogen-bond acceptors (Lipinski definition) is 3. The number of ether oxygens (including phenoxy) is 1. The average molecular weight is 427 g/mol. The summed E-state index contributed by atoms with van der Waals surface area (Å²) in [7, 11) is 0. The fraction of sp³-hybridized carbons (Fsp3) is 0.741. The molecule has 1 amide bonds. The van der Waals surface area contributed by atoms with E-state index in [0.29, 0.717) is 35.7 Å². The lowest BCUT2D eigenvalue weighted by molar-refractivity contribution is -0.137. The zero-order chi connectivity index (χ0) is 22.0. The first-order valence-corrected chi connectivity index (χ1v) is 12.6. The highest BCUT2D eigenvalue weighted by Gasteiger charge is 2.45. The van der Waals surface area contributed by atoms with E-state index in [-0.39, 0.29) is 5.92 Å². The molecule has 2 aliphatic heterocycles. The summed E-state index contributed by atoms with van der Waals surface area (Å²) in [6.45, 7) is 13.7. The van der Waals surface area contributed by atoms with Gasteiger partial charge in [0.05, 0.1) is 0 Å². The van der Waals surface area contributed by atoms with E-state index in [1.54, 1.807) is 0 Å². The van der Waals surface area contributed by atoms with Crippen LogP contribution in [0.15, 0.2) is 24.3 Å². The van der Waals surface area contributed by atoms with E-state index in [9.17, 15) is 4.79 Å². The monoisotopic (exact) mass is 426 g/mol. The second-order valence-electron chi connectivity index (χ2n) is 10.7. The van der Waals surface area contributed by atoms with Crippen LogP contribution < -0.4 is 0 Å². The van der Waals surface area contributed by atoms with Crippen LogP contribution in [-0.4, -0.2) is 60.6 Å². The van der Waals surface area contributed by atoms with E-state index in [2.05, 4.69) is 61.8 Å². The molecule has 1 aromatic rings. The predicted octanol–water partition coefficient (Wildman–Crippen LogP) is 4.73. The first kappa shape index (κ1) is 22.8. The molecular formula is C27H42N2O2. The van der Waals surface area contributed by atoms with Crippen LogP contribution in [0.25, 0.3) is 0 Å². The summed E-state index contributed by atoms with van der Waals surface area (Å²) in [5.74, 6) is 2.55. The molecule has 172 valence electrons. The van der Waals surface area contributed by atoms with Gasteiger partial charge in [-0.2, -0.15) is 0 Å². The molecule has 3 atom stereocenters. The Kier molecular flexibility index (Phi) is 7.38. The third kappa shape index (κ3) is 5.17. The van der Waals surface area contributed by atoms with Gasteiger partial charge in [0, 0.05) is 50.8 Å². The largest absolute Gasteiger partial charge is 0.381 e. The lowest BCUT2D eigenvalue weighted by Gasteiger charge is -2.30. The van der Waals surface area contributed by atoms with Gasteiger partial charge >= 0.3 is 0 Å². The van der Waals surface area contributed by atoms with Crippen LogP contribution in [0.1, 0.15) is 70.4 Å². The van der Waals surface area contributed by atoms with Crippen molar-refractivity contribution in [3.05, 3.63) is 35.4 Å². The summed E-state index contributed by atoms with van der Waals surface area (Å²) in [6.07, 6.45) is 5.47. The smallest absolute Gasteiger partial charge is 0.225 e. The normalized spacial score (nSPS) is 26.9. The van der Waals surface area contributed by atoms with Crippen molar-refractivity contribution >= 4 is 5.91 Å². The molecule has 1 aliphatic carbocycles. The van der Waals surface area contributed by atoms with E-state index in [4.69, 9.17) is 4.74 Å². The lowest BCUT2D eigenvalue weighted by atomic mass is 9.86. The molecule has 0 N–H and O–H groups in total. The first-order valence-electron chi connectivity index (χ1n) is 12.6. The van der Waals surface area contributed by atoms with Crippen LogP contribution in [-0.2, 0) is 16.0 Å². The molecule has 1 saturated carbocycles. The number of fused-ring (bicyclic) bond motifs is 1. The van der Waals surface area contributed by atoms with E-state index in [1.165, 1.54) is 24.0 Å². The van der Waals surface area contributed by atoms with Crippen molar-refractivity contribution < 1.29 is 9.53 Å². The summed E-state index contributed by atoms with van der Waals surface area (Å²) >= 11 is 0. The minimum atomic E-state index is 0.196. The third-order valence-electron chi connectivity index (χ3n) is 8.13. The molecule has 3 aliphatic rings. The second kappa shape index (κ2) is 10.0. The Morgan fingerprint density at radius 3 is 2.32 bits per heavy atom. The molecule has 0 spiro atoms. The van der Waals surface area contributed by atoms with Gasteiger partial charge in [-0.3, -0.25) is 9.69 Å². The predicted molar refractivity (Wildman–Crippen MR) is 126 cm³/mol. The van der Waals surface area contributed by atoms with Crippen molar-refractivity contribution in [3.8, 4) is 0 Å². The van der Waals surface area contributed by atoms with E-state index >= 15 is 0 Å². The van der Waals surface area contributed by atoms with Crippen molar-refractivity contribution in [2.24, 2.45) is 17.8 Å². The van der Waals surface area contributed by atoms with Gasteiger partial charge in [0.15, 0.2) is 0 Å². The molecule has 4 rings (SSSR count). The van der Waals surface area contributed by atoms with E-state index in [0.717, 1.165) is 52.1 Å². The molecule has 4 nitrogen and oxygen atoms in total. The summed E-state index contributed by atoms with van der Waals surface area (Å²) in [6, 6.07) is 10.6. The summed E-state index contributed by atoms with van der Waals surface area (Å²) < 4.78 is 5.45. The Balaban J connectivity index is 1.34. The quantitative estimate of drug-likeness (QED) is 0.632. The molecule has 0 bridgehead atoms. The Labute approximate surface area is 189 Å². The summed E-state index contributed by atoms with van der Waals surface area (Å²) in [5, 5.41) is 0. The minimum Gasteiger partial charge on any atom is -0.381 e. The van der Waals surface area contributed by atoms with Crippen LogP contribution in [0, 0.1) is 17.8 Å². The van der Waals surface area contributed by atoms with Crippen molar-refractivity contribution in [1.82, 2.24) is 9.80 Å². The molecule has 4 heteroatoms. The number of likely N-dealkylation sites (tertiary alicyclic amines) is 1. The zero-order valence-corrected chi connectivity index (χ0v) is 20.1. The number of rotatable bonds is 7. The number of benzene rings is 1. The molecule has 2 saturated heterocycles. The Morgan fingerprint density at radius 2 is 1.68 bits per heavy atom. The highest BCUT2D eigenvalue weighted by atomic mass is 16.5. The molecule has 2 heterocycles. The highest BCUT2D eigenvalue weighted by Crippen LogP contribution is 2.48. The first-order chi connectivity index (χ1) is 14.9. The van der Waals surface area contributed by atoms with Crippen LogP contribution in [0.5, 0.6) is 0 Å². The van der Waals surface area contributed by atoms with Gasteiger partial charge < -0.3 is 9.64 Å². The maximum absolute atomic E-state index is 13.0. The van der Waals surface area contributed by atoms with E-state index in [1.807, 2.05) is 0 Å². The number of nitrogens with zero attached hydrogens (tertiary/aromatic N) is 2. The van der Waals surface area contributed by atoms with E-state index < -0.39 is 0 Å². The van der Waals surface area contributed by atoms with Crippen molar-refractivity contribution in [1.29, 1.82) is 0 Å². The maximum Gasteiger partial charge on any atom is 0.225 e. The molecule has 31 heavy (non-hydrogen) atoms. The molecule has 3 fully saturated rings. The number of carbonyl (C=O) groups is 1. The SMILES string of the molecule is CC(C)N(CCc1ccc(C2CCC3CN(C(=O)C4CCOCC4)CC32)cc1)C(C)C. The minimum absolute atomic E-state index is 0.196. The Morgan fingerprint density at radius 1 is 1.00 bits per heavy atom. The number of amides is 1. The van der Waals surface area contributed by atoms with Crippen LogP contribution in [0.2, 0.25) is 0 Å². The van der Waals surface area contributed by atoms with Gasteiger partial charge in [0.25, 0.3) is 0 Å². The van der Waals surface area contributed by atoms with Gasteiger partial charge in [-0.15, -0.1) is 0 Å². The van der Waals surface area contributed by atoms with Gasteiger partial charge in [-0.05, 0) is 88.7 Å². The molecular weight excluding hydrogens is 384 g/mol. The molecule has 1 aromatic carbocycles. The van der Waals surface area contributed by atoms with Crippen molar-refractivity contribution in [2.75, 3.05) is 32.8 Å². The molecule has 0 aromatic heterocycles. The second-order valence-corrected chi connectivity index (χ2v) is 10.7. The topological polar surface area (TPSA) is 32.8 Å². The van der Waals surface area contributed by atoms with Gasteiger partial charge in [0.2, 0.25) is 5.91 Å². The van der Waals surface area contributed by atoms with Crippen molar-refractivity contribution in [3.63, 3.8) is 0 Å². The Bertz CT molecular complexity index is 715. The summed E-state index contributed by atoms with van der Waals surface area (Å²) in [5.41, 5.74) is 2.92. The van der Waals surface area contributed by atoms with Gasteiger partial charge in [0.1, 0.15) is 0 Å².